The van der Waals surface area contributed by atoms with Crippen LogP contribution < -0.4 is 0 Å². The maximum Gasteiger partial charge on any atom is 0.349 e. The fraction of sp³-hybridized carbons (Fsp3) is 0.333. The quantitative estimate of drug-likeness (QED) is 0.790. The smallest absolute Gasteiger partial charge is 0.349 e. The van der Waals surface area contributed by atoms with Crippen LogP contribution in [0.25, 0.3) is 10.2 Å². The van der Waals surface area contributed by atoms with Gasteiger partial charge in [-0.25, -0.2) is 9.78 Å². The van der Waals surface area contributed by atoms with E-state index < -0.39 is 0 Å². The first kappa shape index (κ1) is 12.5. The highest BCUT2D eigenvalue weighted by atomic mass is 79.9. The summed E-state index contributed by atoms with van der Waals surface area (Å²) in [5.74, 6) is -0.292. The Morgan fingerprint density at radius 1 is 1.53 bits per heavy atom. The SMILES string of the molecule is CCOC(=O)c1sc2nc(C)cc(C)c2c1Br. The van der Waals surface area contributed by atoms with Crippen molar-refractivity contribution in [2.75, 3.05) is 6.61 Å². The number of nitrogens with zero attached hydrogens (tertiary/aromatic N) is 1. The second-order valence-electron chi connectivity index (χ2n) is 3.73. The molecule has 90 valence electrons. The average Bonchev–Trinajstić information content (AvgIpc) is 2.56. The molecule has 0 spiro atoms. The first-order chi connectivity index (χ1) is 8.04. The molecule has 2 aromatic heterocycles. The molecule has 3 nitrogen and oxygen atoms in total. The van der Waals surface area contributed by atoms with Crippen LogP contribution in [-0.2, 0) is 4.74 Å². The van der Waals surface area contributed by atoms with E-state index in [9.17, 15) is 4.79 Å². The molecule has 0 aliphatic rings. The predicted molar refractivity (Wildman–Crippen MR) is 72.8 cm³/mol. The Balaban J connectivity index is 2.64. The van der Waals surface area contributed by atoms with Gasteiger partial charge in [-0.2, -0.15) is 0 Å². The standard InChI is InChI=1S/C12H12BrNO2S/c1-4-16-12(15)10-9(13)8-6(2)5-7(3)14-11(8)17-10/h5H,4H2,1-3H3. The second kappa shape index (κ2) is 4.74. The van der Waals surface area contributed by atoms with Crippen LogP contribution in [0.5, 0.6) is 0 Å². The van der Waals surface area contributed by atoms with E-state index in [0.29, 0.717) is 11.5 Å². The minimum atomic E-state index is -0.292. The van der Waals surface area contributed by atoms with E-state index in [-0.39, 0.29) is 5.97 Å². The van der Waals surface area contributed by atoms with Crippen molar-refractivity contribution in [3.05, 3.63) is 26.7 Å². The Bertz CT molecular complexity index is 592. The van der Waals surface area contributed by atoms with E-state index in [1.807, 2.05) is 19.9 Å². The van der Waals surface area contributed by atoms with Crippen LogP contribution in [0.15, 0.2) is 10.5 Å². The summed E-state index contributed by atoms with van der Waals surface area (Å²) in [5.41, 5.74) is 2.07. The number of halogens is 1. The number of aromatic nitrogens is 1. The third-order valence-corrected chi connectivity index (χ3v) is 4.51. The van der Waals surface area contributed by atoms with Crippen molar-refractivity contribution in [1.82, 2.24) is 4.98 Å². The summed E-state index contributed by atoms with van der Waals surface area (Å²) < 4.78 is 5.81. The number of fused-ring (bicyclic) bond motifs is 1. The van der Waals surface area contributed by atoms with Crippen LogP contribution in [0, 0.1) is 13.8 Å². The van der Waals surface area contributed by atoms with Crippen molar-refractivity contribution in [2.24, 2.45) is 0 Å². The van der Waals surface area contributed by atoms with Gasteiger partial charge in [-0.05, 0) is 48.3 Å². The molecule has 2 aromatic rings. The summed E-state index contributed by atoms with van der Waals surface area (Å²) in [6, 6.07) is 2.01. The zero-order valence-electron chi connectivity index (χ0n) is 9.83. The van der Waals surface area contributed by atoms with E-state index in [0.717, 1.165) is 25.9 Å². The fourth-order valence-corrected chi connectivity index (χ4v) is 3.84. The molecule has 5 heteroatoms. The molecule has 0 aromatic carbocycles. The van der Waals surface area contributed by atoms with Gasteiger partial charge in [-0.3, -0.25) is 0 Å². The van der Waals surface area contributed by atoms with Gasteiger partial charge < -0.3 is 4.74 Å². The van der Waals surface area contributed by atoms with E-state index in [1.165, 1.54) is 11.3 Å². The third kappa shape index (κ3) is 2.21. The Morgan fingerprint density at radius 2 is 2.24 bits per heavy atom. The summed E-state index contributed by atoms with van der Waals surface area (Å²) in [5, 5.41) is 1.00. The van der Waals surface area contributed by atoms with Crippen molar-refractivity contribution in [3.8, 4) is 0 Å². The molecule has 0 saturated heterocycles. The van der Waals surface area contributed by atoms with Crippen molar-refractivity contribution < 1.29 is 9.53 Å². The third-order valence-electron chi connectivity index (χ3n) is 2.39. The van der Waals surface area contributed by atoms with Gasteiger partial charge in [0.15, 0.2) is 0 Å². The molecule has 0 bridgehead atoms. The number of carbonyl (C=O) groups excluding carboxylic acids is 1. The van der Waals surface area contributed by atoms with Crippen LogP contribution in [0.4, 0.5) is 0 Å². The first-order valence-electron chi connectivity index (χ1n) is 5.28. The van der Waals surface area contributed by atoms with Crippen molar-refractivity contribution in [3.63, 3.8) is 0 Å². The van der Waals surface area contributed by atoms with Crippen molar-refractivity contribution >= 4 is 43.5 Å². The highest BCUT2D eigenvalue weighted by Crippen LogP contribution is 2.37. The Kier molecular flexibility index (Phi) is 3.49. The second-order valence-corrected chi connectivity index (χ2v) is 5.52. The van der Waals surface area contributed by atoms with E-state index in [4.69, 9.17) is 4.74 Å². The fourth-order valence-electron chi connectivity index (χ4n) is 1.73. The van der Waals surface area contributed by atoms with E-state index in [1.54, 1.807) is 6.92 Å². The van der Waals surface area contributed by atoms with Gasteiger partial charge in [0.2, 0.25) is 0 Å². The van der Waals surface area contributed by atoms with E-state index >= 15 is 0 Å². The Morgan fingerprint density at radius 3 is 2.88 bits per heavy atom. The average molecular weight is 314 g/mol. The molecule has 0 saturated carbocycles. The van der Waals surface area contributed by atoms with Gasteiger partial charge in [-0.1, -0.05) is 0 Å². The number of aryl methyl sites for hydroxylation is 2. The number of thiophene rings is 1. The van der Waals surface area contributed by atoms with Gasteiger partial charge in [-0.15, -0.1) is 11.3 Å². The van der Waals surface area contributed by atoms with Crippen LogP contribution in [0.3, 0.4) is 0 Å². The summed E-state index contributed by atoms with van der Waals surface area (Å²) in [6.45, 7) is 6.14. The lowest BCUT2D eigenvalue weighted by molar-refractivity contribution is 0.0531. The van der Waals surface area contributed by atoms with Gasteiger partial charge in [0.05, 0.1) is 11.1 Å². The van der Waals surface area contributed by atoms with Gasteiger partial charge in [0.25, 0.3) is 0 Å². The molecule has 0 unspecified atom stereocenters. The largest absolute Gasteiger partial charge is 0.462 e. The summed E-state index contributed by atoms with van der Waals surface area (Å²) in [4.78, 5) is 17.7. The molecule has 0 aliphatic heterocycles. The van der Waals surface area contributed by atoms with Crippen LogP contribution in [0.1, 0.15) is 27.9 Å². The number of rotatable bonds is 2. The lowest BCUT2D eigenvalue weighted by Crippen LogP contribution is -2.02. The maximum atomic E-state index is 11.8. The molecule has 2 rings (SSSR count). The van der Waals surface area contributed by atoms with Crippen molar-refractivity contribution in [2.45, 2.75) is 20.8 Å². The van der Waals surface area contributed by atoms with Crippen LogP contribution in [-0.4, -0.2) is 17.6 Å². The Labute approximate surface area is 112 Å². The molecule has 0 N–H and O–H groups in total. The molecule has 0 fully saturated rings. The zero-order chi connectivity index (χ0) is 12.6. The predicted octanol–water partition coefficient (Wildman–Crippen LogP) is 3.85. The molecule has 0 amide bonds. The lowest BCUT2D eigenvalue weighted by atomic mass is 10.2. The molecule has 0 atom stereocenters. The van der Waals surface area contributed by atoms with E-state index in [2.05, 4.69) is 20.9 Å². The van der Waals surface area contributed by atoms with Crippen molar-refractivity contribution in [1.29, 1.82) is 0 Å². The molecule has 0 radical (unpaired) electrons. The molecular weight excluding hydrogens is 302 g/mol. The molecule has 2 heterocycles. The monoisotopic (exact) mass is 313 g/mol. The summed E-state index contributed by atoms with van der Waals surface area (Å²) in [6.07, 6.45) is 0. The number of esters is 1. The molecule has 0 aliphatic carbocycles. The lowest BCUT2D eigenvalue weighted by Gasteiger charge is -1.99. The minimum absolute atomic E-state index is 0.292. The topological polar surface area (TPSA) is 39.2 Å². The van der Waals surface area contributed by atoms with Gasteiger partial charge in [0.1, 0.15) is 9.71 Å². The minimum Gasteiger partial charge on any atom is -0.462 e. The number of carbonyl (C=O) groups is 1. The number of hydrogen-bond acceptors (Lipinski definition) is 4. The van der Waals surface area contributed by atoms with Crippen LogP contribution in [0.2, 0.25) is 0 Å². The normalized spacial score (nSPS) is 10.8. The summed E-state index contributed by atoms with van der Waals surface area (Å²) in [7, 11) is 0. The number of pyridine rings is 1. The highest BCUT2D eigenvalue weighted by Gasteiger charge is 2.19. The van der Waals surface area contributed by atoms with Gasteiger partial charge in [0, 0.05) is 11.1 Å². The molecule has 17 heavy (non-hydrogen) atoms. The van der Waals surface area contributed by atoms with Gasteiger partial charge >= 0.3 is 5.97 Å². The first-order valence-corrected chi connectivity index (χ1v) is 6.89. The molecular formula is C12H12BrNO2S. The van der Waals surface area contributed by atoms with Crippen LogP contribution >= 0.6 is 27.3 Å². The Hall–Kier alpha value is -0.940. The zero-order valence-corrected chi connectivity index (χ0v) is 12.2. The number of hydrogen-bond donors (Lipinski definition) is 0. The number of ether oxygens (including phenoxy) is 1. The summed E-state index contributed by atoms with van der Waals surface area (Å²) >= 11 is 4.84. The maximum absolute atomic E-state index is 11.8. The highest BCUT2D eigenvalue weighted by molar-refractivity contribution is 9.10.